The Balaban J connectivity index is 1.24. The lowest BCUT2D eigenvalue weighted by Gasteiger charge is -2.09. The summed E-state index contributed by atoms with van der Waals surface area (Å²) in [4.78, 5) is 34.7. The number of carbonyl (C=O) groups excluding carboxylic acids is 3. The molecule has 0 aromatic heterocycles. The molecule has 0 spiro atoms. The largest absolute Gasteiger partial charge is 0.493 e. The minimum atomic E-state index is -1.17. The highest BCUT2D eigenvalue weighted by Gasteiger charge is 2.11. The van der Waals surface area contributed by atoms with Gasteiger partial charge in [0.2, 0.25) is 5.83 Å². The van der Waals surface area contributed by atoms with Crippen molar-refractivity contribution in [2.24, 2.45) is 0 Å². The fourth-order valence-electron chi connectivity index (χ4n) is 4.02. The third-order valence-electron chi connectivity index (χ3n) is 6.34. The molecular weight excluding hydrogens is 579 g/mol. The van der Waals surface area contributed by atoms with Crippen LogP contribution in [0.25, 0.3) is 22.3 Å². The van der Waals surface area contributed by atoms with E-state index in [1.54, 1.807) is 36.4 Å². The van der Waals surface area contributed by atoms with Gasteiger partial charge in [-0.3, -0.25) is 0 Å². The first-order valence-electron chi connectivity index (χ1n) is 14.0. The molecule has 0 N–H and O–H groups in total. The maximum absolute atomic E-state index is 12.6. The molecule has 0 saturated heterocycles. The van der Waals surface area contributed by atoms with Crippen LogP contribution in [0.3, 0.4) is 0 Å². The molecule has 0 atom stereocenters. The van der Waals surface area contributed by atoms with Crippen molar-refractivity contribution in [2.45, 2.75) is 6.42 Å². The standard InChI is InChI=1S/C36H31FO8/c1-3-34(38)43-22-4-21-41-31-15-9-28(10-16-31)26-5-7-27(8-6-26)29-11-19-33(20-12-29)45-36(40)30-13-17-32(18-14-30)42-23-24-44-35(39)25(2)37/h3,5-20H,1-2,4,21-24H2. The molecule has 9 heteroatoms. The SMILES string of the molecule is C=CC(=O)OCCCOc1ccc(-c2ccc(-c3ccc(OC(=O)c4ccc(OCCOC(=O)C(=C)F)cc4)cc3)cc2)cc1. The molecule has 4 rings (SSSR count). The fourth-order valence-corrected chi connectivity index (χ4v) is 4.02. The van der Waals surface area contributed by atoms with E-state index in [1.165, 1.54) is 0 Å². The van der Waals surface area contributed by atoms with E-state index >= 15 is 0 Å². The van der Waals surface area contributed by atoms with Gasteiger partial charge in [-0.2, -0.15) is 4.39 Å². The molecule has 0 bridgehead atoms. The van der Waals surface area contributed by atoms with Gasteiger partial charge in [0.15, 0.2) is 0 Å². The predicted molar refractivity (Wildman–Crippen MR) is 167 cm³/mol. The van der Waals surface area contributed by atoms with Gasteiger partial charge in [-0.1, -0.05) is 61.7 Å². The molecule has 0 fully saturated rings. The number of rotatable bonds is 15. The topological polar surface area (TPSA) is 97.4 Å². The van der Waals surface area contributed by atoms with Crippen molar-refractivity contribution in [3.63, 3.8) is 0 Å². The van der Waals surface area contributed by atoms with Crippen LogP contribution in [0, 0.1) is 0 Å². The Morgan fingerprint density at radius 2 is 1.07 bits per heavy atom. The van der Waals surface area contributed by atoms with Crippen LogP contribution >= 0.6 is 0 Å². The van der Waals surface area contributed by atoms with E-state index < -0.39 is 23.7 Å². The van der Waals surface area contributed by atoms with Crippen LogP contribution in [-0.2, 0) is 19.1 Å². The van der Waals surface area contributed by atoms with Crippen molar-refractivity contribution in [3.8, 4) is 39.5 Å². The van der Waals surface area contributed by atoms with Gasteiger partial charge in [-0.05, 0) is 70.8 Å². The van der Waals surface area contributed by atoms with Crippen molar-refractivity contribution < 1.29 is 42.5 Å². The first-order chi connectivity index (χ1) is 21.8. The second-order valence-electron chi connectivity index (χ2n) is 9.50. The second kappa shape index (κ2) is 16.2. The molecule has 230 valence electrons. The van der Waals surface area contributed by atoms with Crippen LogP contribution < -0.4 is 14.2 Å². The summed E-state index contributed by atoms with van der Waals surface area (Å²) in [6.07, 6.45) is 1.72. The lowest BCUT2D eigenvalue weighted by Crippen LogP contribution is -2.12. The van der Waals surface area contributed by atoms with Crippen LogP contribution in [0.2, 0.25) is 0 Å². The third kappa shape index (κ3) is 9.93. The summed E-state index contributed by atoms with van der Waals surface area (Å²) in [6.45, 7) is 6.80. The number of hydrogen-bond acceptors (Lipinski definition) is 8. The molecule has 4 aromatic rings. The molecule has 0 aliphatic heterocycles. The Morgan fingerprint density at radius 3 is 1.58 bits per heavy atom. The Kier molecular flexibility index (Phi) is 11.6. The molecule has 0 saturated carbocycles. The Morgan fingerprint density at radius 1 is 0.600 bits per heavy atom. The van der Waals surface area contributed by atoms with Crippen LogP contribution in [-0.4, -0.2) is 44.3 Å². The third-order valence-corrected chi connectivity index (χ3v) is 6.34. The molecule has 0 amide bonds. The van der Waals surface area contributed by atoms with Crippen molar-refractivity contribution in [3.05, 3.63) is 128 Å². The Hall–Kier alpha value is -5.70. The van der Waals surface area contributed by atoms with Crippen LogP contribution in [0.4, 0.5) is 4.39 Å². The van der Waals surface area contributed by atoms with Crippen LogP contribution in [0.5, 0.6) is 17.2 Å². The van der Waals surface area contributed by atoms with Gasteiger partial charge in [-0.15, -0.1) is 0 Å². The molecule has 0 aliphatic carbocycles. The van der Waals surface area contributed by atoms with Gasteiger partial charge >= 0.3 is 17.9 Å². The summed E-state index contributed by atoms with van der Waals surface area (Å²) in [5, 5.41) is 0. The number of carbonyl (C=O) groups is 3. The number of ether oxygens (including phenoxy) is 5. The van der Waals surface area contributed by atoms with Gasteiger partial charge in [0.1, 0.15) is 30.5 Å². The van der Waals surface area contributed by atoms with E-state index in [1.807, 2.05) is 60.7 Å². The number of halogens is 1. The Labute approximate surface area is 260 Å². The normalized spacial score (nSPS) is 10.3. The molecular formula is C36H31FO8. The van der Waals surface area contributed by atoms with E-state index in [4.69, 9.17) is 18.9 Å². The van der Waals surface area contributed by atoms with Gasteiger partial charge in [0.05, 0.1) is 18.8 Å². The molecule has 0 unspecified atom stereocenters. The summed E-state index contributed by atoms with van der Waals surface area (Å²) in [5.41, 5.74) is 4.39. The highest BCUT2D eigenvalue weighted by atomic mass is 19.1. The first-order valence-corrected chi connectivity index (χ1v) is 14.0. The number of hydrogen-bond donors (Lipinski definition) is 0. The van der Waals surface area contributed by atoms with Gasteiger partial charge in [0.25, 0.3) is 0 Å². The zero-order chi connectivity index (χ0) is 32.0. The summed E-state index contributed by atoms with van der Waals surface area (Å²) >= 11 is 0. The lowest BCUT2D eigenvalue weighted by molar-refractivity contribution is -0.141. The quantitative estimate of drug-likeness (QED) is 0.0606. The van der Waals surface area contributed by atoms with Gasteiger partial charge in [0, 0.05) is 12.5 Å². The first kappa shape index (κ1) is 32.2. The maximum atomic E-state index is 12.6. The van der Waals surface area contributed by atoms with E-state index in [0.717, 1.165) is 34.1 Å². The smallest absolute Gasteiger partial charge is 0.366 e. The summed E-state index contributed by atoms with van der Waals surface area (Å²) in [5.74, 6) is -1.70. The van der Waals surface area contributed by atoms with E-state index in [-0.39, 0.29) is 19.8 Å². The van der Waals surface area contributed by atoms with E-state index in [9.17, 15) is 18.8 Å². The zero-order valence-electron chi connectivity index (χ0n) is 24.4. The minimum Gasteiger partial charge on any atom is -0.493 e. The second-order valence-corrected chi connectivity index (χ2v) is 9.50. The molecule has 45 heavy (non-hydrogen) atoms. The number of esters is 3. The monoisotopic (exact) mass is 610 g/mol. The van der Waals surface area contributed by atoms with Gasteiger partial charge in [-0.25, -0.2) is 14.4 Å². The Bertz CT molecular complexity index is 1610. The lowest BCUT2D eigenvalue weighted by atomic mass is 10.0. The van der Waals surface area contributed by atoms with Crippen LogP contribution in [0.1, 0.15) is 16.8 Å². The zero-order valence-corrected chi connectivity index (χ0v) is 24.4. The highest BCUT2D eigenvalue weighted by Crippen LogP contribution is 2.28. The van der Waals surface area contributed by atoms with E-state index in [0.29, 0.717) is 30.1 Å². The van der Waals surface area contributed by atoms with E-state index in [2.05, 4.69) is 17.9 Å². The molecule has 8 nitrogen and oxygen atoms in total. The maximum Gasteiger partial charge on any atom is 0.366 e. The number of benzene rings is 4. The van der Waals surface area contributed by atoms with Crippen molar-refractivity contribution >= 4 is 17.9 Å². The summed E-state index contributed by atoms with van der Waals surface area (Å²) < 4.78 is 38.7. The molecule has 0 radical (unpaired) electrons. The molecule has 0 heterocycles. The minimum absolute atomic E-state index is 0.0146. The average Bonchev–Trinajstić information content (AvgIpc) is 3.07. The summed E-state index contributed by atoms with van der Waals surface area (Å²) in [6, 6.07) is 29.4. The van der Waals surface area contributed by atoms with Crippen LogP contribution in [0.15, 0.2) is 122 Å². The average molecular weight is 611 g/mol. The fraction of sp³-hybridized carbons (Fsp3) is 0.139. The predicted octanol–water partition coefficient (Wildman–Crippen LogP) is 7.14. The van der Waals surface area contributed by atoms with Crippen molar-refractivity contribution in [2.75, 3.05) is 26.4 Å². The summed E-state index contributed by atoms with van der Waals surface area (Å²) in [7, 11) is 0. The highest BCUT2D eigenvalue weighted by molar-refractivity contribution is 5.91. The van der Waals surface area contributed by atoms with Crippen molar-refractivity contribution in [1.82, 2.24) is 0 Å². The van der Waals surface area contributed by atoms with Gasteiger partial charge < -0.3 is 23.7 Å². The molecule has 0 aliphatic rings. The van der Waals surface area contributed by atoms with Crippen molar-refractivity contribution in [1.29, 1.82) is 0 Å². The molecule has 4 aromatic carbocycles.